The Kier molecular flexibility index (Phi) is 3.84. The molecule has 0 aliphatic heterocycles. The highest BCUT2D eigenvalue weighted by Gasteiger charge is 2.16. The average molecular weight is 220 g/mol. The van der Waals surface area contributed by atoms with Gasteiger partial charge in [-0.25, -0.2) is 8.78 Å². The Morgan fingerprint density at radius 3 is 2.29 bits per heavy atom. The Hall–Kier alpha value is -0.670. The van der Waals surface area contributed by atoms with Crippen molar-refractivity contribution in [2.75, 3.05) is 6.54 Å². The van der Waals surface area contributed by atoms with Gasteiger partial charge in [-0.15, -0.1) is 0 Å². The quantitative estimate of drug-likeness (QED) is 0.831. The molecule has 0 aliphatic rings. The molecule has 14 heavy (non-hydrogen) atoms. The minimum Gasteiger partial charge on any atom is -0.330 e. The summed E-state index contributed by atoms with van der Waals surface area (Å²) in [5.74, 6) is -1.43. The molecule has 0 aliphatic carbocycles. The van der Waals surface area contributed by atoms with E-state index in [2.05, 4.69) is 0 Å². The molecule has 1 rings (SSSR count). The van der Waals surface area contributed by atoms with Crippen LogP contribution in [-0.2, 0) is 0 Å². The van der Waals surface area contributed by atoms with Crippen molar-refractivity contribution in [3.05, 3.63) is 34.4 Å². The first-order valence-electron chi connectivity index (χ1n) is 4.40. The number of hydrogen-bond donors (Lipinski definition) is 1. The molecule has 78 valence electrons. The molecule has 1 atom stereocenters. The van der Waals surface area contributed by atoms with Crippen LogP contribution in [-0.4, -0.2) is 6.54 Å². The van der Waals surface area contributed by atoms with Gasteiger partial charge in [-0.3, -0.25) is 0 Å². The van der Waals surface area contributed by atoms with Gasteiger partial charge in [-0.2, -0.15) is 0 Å². The second-order valence-electron chi connectivity index (χ2n) is 3.26. The van der Waals surface area contributed by atoms with Gasteiger partial charge in [0.1, 0.15) is 11.6 Å². The van der Waals surface area contributed by atoms with E-state index in [9.17, 15) is 8.78 Å². The van der Waals surface area contributed by atoms with E-state index < -0.39 is 11.6 Å². The van der Waals surface area contributed by atoms with E-state index in [-0.39, 0.29) is 16.5 Å². The van der Waals surface area contributed by atoms with Crippen LogP contribution < -0.4 is 5.73 Å². The molecule has 1 aromatic rings. The fourth-order valence-electron chi connectivity index (χ4n) is 1.42. The average Bonchev–Trinajstić information content (AvgIpc) is 2.01. The first-order valence-corrected chi connectivity index (χ1v) is 4.78. The highest BCUT2D eigenvalue weighted by atomic mass is 35.5. The van der Waals surface area contributed by atoms with Crippen molar-refractivity contribution < 1.29 is 8.78 Å². The monoisotopic (exact) mass is 219 g/mol. The van der Waals surface area contributed by atoms with Crippen molar-refractivity contribution in [1.82, 2.24) is 0 Å². The Balaban J connectivity index is 3.07. The molecule has 0 fully saturated rings. The first kappa shape index (κ1) is 11.4. The van der Waals surface area contributed by atoms with Gasteiger partial charge in [-0.05, 0) is 31.0 Å². The second kappa shape index (κ2) is 4.71. The summed E-state index contributed by atoms with van der Waals surface area (Å²) < 4.78 is 26.6. The van der Waals surface area contributed by atoms with E-state index in [1.165, 1.54) is 0 Å². The van der Waals surface area contributed by atoms with Gasteiger partial charge in [-0.1, -0.05) is 18.5 Å². The standard InChI is InChI=1S/C10H12ClF2N/c1-6(2-3-14)10-8(12)4-7(11)5-9(10)13/h4-6H,2-3,14H2,1H3. The predicted molar refractivity (Wildman–Crippen MR) is 53.5 cm³/mol. The number of halogens is 3. The molecule has 1 unspecified atom stereocenters. The Morgan fingerprint density at radius 1 is 1.36 bits per heavy atom. The lowest BCUT2D eigenvalue weighted by atomic mass is 9.97. The molecule has 0 aromatic heterocycles. The van der Waals surface area contributed by atoms with Crippen LogP contribution in [0.25, 0.3) is 0 Å². The molecule has 0 spiro atoms. The molecular weight excluding hydrogens is 208 g/mol. The molecular formula is C10H12ClF2N. The van der Waals surface area contributed by atoms with Crippen molar-refractivity contribution >= 4 is 11.6 Å². The number of hydrogen-bond acceptors (Lipinski definition) is 1. The van der Waals surface area contributed by atoms with Gasteiger partial charge in [0, 0.05) is 10.6 Å². The summed E-state index contributed by atoms with van der Waals surface area (Å²) in [6.45, 7) is 2.14. The predicted octanol–water partition coefficient (Wildman–Crippen LogP) is 3.07. The van der Waals surface area contributed by atoms with Crippen molar-refractivity contribution in [2.45, 2.75) is 19.3 Å². The molecule has 0 amide bonds. The highest BCUT2D eigenvalue weighted by molar-refractivity contribution is 6.30. The molecule has 0 saturated carbocycles. The lowest BCUT2D eigenvalue weighted by Crippen LogP contribution is -2.08. The van der Waals surface area contributed by atoms with Gasteiger partial charge >= 0.3 is 0 Å². The van der Waals surface area contributed by atoms with Crippen LogP contribution >= 0.6 is 11.6 Å². The van der Waals surface area contributed by atoms with Crippen molar-refractivity contribution in [2.24, 2.45) is 5.73 Å². The zero-order chi connectivity index (χ0) is 10.7. The summed E-state index contributed by atoms with van der Waals surface area (Å²) in [7, 11) is 0. The van der Waals surface area contributed by atoms with Gasteiger partial charge in [0.2, 0.25) is 0 Å². The zero-order valence-corrected chi connectivity index (χ0v) is 8.61. The molecule has 0 radical (unpaired) electrons. The third-order valence-electron chi connectivity index (χ3n) is 2.14. The maximum atomic E-state index is 13.3. The smallest absolute Gasteiger partial charge is 0.131 e. The SMILES string of the molecule is CC(CCN)c1c(F)cc(Cl)cc1F. The topological polar surface area (TPSA) is 26.0 Å². The van der Waals surface area contributed by atoms with Crippen LogP contribution in [0.5, 0.6) is 0 Å². The first-order chi connectivity index (χ1) is 6.56. The van der Waals surface area contributed by atoms with Crippen LogP contribution in [0.3, 0.4) is 0 Å². The lowest BCUT2D eigenvalue weighted by Gasteiger charge is -2.12. The van der Waals surface area contributed by atoms with Gasteiger partial charge in [0.15, 0.2) is 0 Å². The third kappa shape index (κ3) is 2.42. The van der Waals surface area contributed by atoms with Crippen LogP contribution in [0.4, 0.5) is 8.78 Å². The Morgan fingerprint density at radius 2 is 1.86 bits per heavy atom. The summed E-state index contributed by atoms with van der Waals surface area (Å²) in [5.41, 5.74) is 5.40. The third-order valence-corrected chi connectivity index (χ3v) is 2.35. The number of benzene rings is 1. The van der Waals surface area contributed by atoms with E-state index in [1.54, 1.807) is 6.92 Å². The molecule has 1 nitrogen and oxygen atoms in total. The Bertz CT molecular complexity index is 305. The summed E-state index contributed by atoms with van der Waals surface area (Å²) in [5, 5.41) is 0.0729. The summed E-state index contributed by atoms with van der Waals surface area (Å²) in [6.07, 6.45) is 0.551. The molecule has 1 aromatic carbocycles. The summed E-state index contributed by atoms with van der Waals surface area (Å²) in [4.78, 5) is 0. The summed E-state index contributed by atoms with van der Waals surface area (Å²) >= 11 is 5.50. The minimum atomic E-state index is -0.601. The maximum absolute atomic E-state index is 13.3. The summed E-state index contributed by atoms with van der Waals surface area (Å²) in [6, 6.07) is 2.24. The normalized spacial score (nSPS) is 12.9. The second-order valence-corrected chi connectivity index (χ2v) is 3.70. The van der Waals surface area contributed by atoms with E-state index >= 15 is 0 Å². The van der Waals surface area contributed by atoms with Crippen molar-refractivity contribution in [1.29, 1.82) is 0 Å². The number of rotatable bonds is 3. The Labute approximate surface area is 86.9 Å². The largest absolute Gasteiger partial charge is 0.330 e. The van der Waals surface area contributed by atoms with Gasteiger partial charge in [0.05, 0.1) is 0 Å². The highest BCUT2D eigenvalue weighted by Crippen LogP contribution is 2.27. The molecule has 4 heteroatoms. The van der Waals surface area contributed by atoms with E-state index in [4.69, 9.17) is 17.3 Å². The fraction of sp³-hybridized carbons (Fsp3) is 0.400. The molecule has 0 bridgehead atoms. The van der Waals surface area contributed by atoms with Crippen molar-refractivity contribution in [3.63, 3.8) is 0 Å². The van der Waals surface area contributed by atoms with E-state index in [1.807, 2.05) is 0 Å². The van der Waals surface area contributed by atoms with Crippen LogP contribution in [0.2, 0.25) is 5.02 Å². The maximum Gasteiger partial charge on any atom is 0.131 e. The minimum absolute atomic E-state index is 0.0693. The van der Waals surface area contributed by atoms with Crippen molar-refractivity contribution in [3.8, 4) is 0 Å². The van der Waals surface area contributed by atoms with E-state index in [0.717, 1.165) is 12.1 Å². The lowest BCUT2D eigenvalue weighted by molar-refractivity contribution is 0.523. The zero-order valence-electron chi connectivity index (χ0n) is 7.86. The number of nitrogens with two attached hydrogens (primary N) is 1. The van der Waals surface area contributed by atoms with Crippen LogP contribution in [0, 0.1) is 11.6 Å². The fourth-order valence-corrected chi connectivity index (χ4v) is 1.61. The molecule has 0 saturated heterocycles. The molecule has 0 heterocycles. The van der Waals surface area contributed by atoms with Gasteiger partial charge < -0.3 is 5.73 Å². The van der Waals surface area contributed by atoms with Crippen LogP contribution in [0.15, 0.2) is 12.1 Å². The van der Waals surface area contributed by atoms with Crippen LogP contribution in [0.1, 0.15) is 24.8 Å². The van der Waals surface area contributed by atoms with Gasteiger partial charge in [0.25, 0.3) is 0 Å². The van der Waals surface area contributed by atoms with E-state index in [0.29, 0.717) is 13.0 Å². The molecule has 2 N–H and O–H groups in total.